The van der Waals surface area contributed by atoms with Crippen molar-refractivity contribution >= 4 is 49.7 Å². The number of aromatic nitrogens is 1. The average molecular weight is 506 g/mol. The highest BCUT2D eigenvalue weighted by Gasteiger charge is 2.31. The molecule has 2 aromatic carbocycles. The minimum atomic E-state index is -4.41. The molecule has 0 radical (unpaired) electrons. The van der Waals surface area contributed by atoms with Gasteiger partial charge in [-0.25, -0.2) is 4.98 Å². The van der Waals surface area contributed by atoms with Crippen LogP contribution >= 0.6 is 38.9 Å². The molecule has 0 fully saturated rings. The molecule has 0 bridgehead atoms. The monoisotopic (exact) mass is 504 g/mol. The summed E-state index contributed by atoms with van der Waals surface area (Å²) in [4.78, 5) is 6.37. The lowest BCUT2D eigenvalue weighted by molar-refractivity contribution is -0.137. The fourth-order valence-electron chi connectivity index (χ4n) is 2.67. The van der Waals surface area contributed by atoms with Gasteiger partial charge in [0.1, 0.15) is 0 Å². The van der Waals surface area contributed by atoms with Gasteiger partial charge in [-0.3, -0.25) is 0 Å². The molecule has 1 heterocycles. The molecule has 0 aliphatic heterocycles. The second-order valence-corrected chi connectivity index (χ2v) is 8.09. The van der Waals surface area contributed by atoms with Crippen LogP contribution in [-0.4, -0.2) is 30.1 Å². The molecule has 0 saturated carbocycles. The summed E-state index contributed by atoms with van der Waals surface area (Å²) in [5, 5.41) is 3.73. The van der Waals surface area contributed by atoms with E-state index < -0.39 is 11.7 Å². The van der Waals surface area contributed by atoms with Crippen molar-refractivity contribution in [3.63, 3.8) is 0 Å². The van der Waals surface area contributed by atoms with Crippen LogP contribution in [0.3, 0.4) is 0 Å². The summed E-state index contributed by atoms with van der Waals surface area (Å²) in [6.45, 7) is 1.24. The molecule has 0 atom stereocenters. The van der Waals surface area contributed by atoms with E-state index >= 15 is 0 Å². The first kappa shape index (κ1) is 22.1. The first-order valence-corrected chi connectivity index (χ1v) is 11.1. The van der Waals surface area contributed by atoms with Gasteiger partial charge in [-0.1, -0.05) is 45.7 Å². The van der Waals surface area contributed by atoms with Crippen LogP contribution in [0.1, 0.15) is 5.56 Å². The third-order valence-electron chi connectivity index (χ3n) is 4.01. The van der Waals surface area contributed by atoms with E-state index in [0.29, 0.717) is 46.6 Å². The van der Waals surface area contributed by atoms with Crippen LogP contribution in [0.2, 0.25) is 5.02 Å². The lowest BCUT2D eigenvalue weighted by Crippen LogP contribution is -2.23. The topological polar surface area (TPSA) is 25.4 Å². The molecule has 3 aromatic rings. The predicted molar refractivity (Wildman–Crippen MR) is 116 cm³/mol. The maximum atomic E-state index is 13.2. The summed E-state index contributed by atoms with van der Waals surface area (Å²) < 4.78 is 45.0. The Morgan fingerprint density at radius 2 is 1.90 bits per heavy atom. The van der Waals surface area contributed by atoms with Crippen molar-refractivity contribution in [3.8, 4) is 11.3 Å². The molecule has 0 amide bonds. The van der Waals surface area contributed by atoms with Crippen LogP contribution in [0.15, 0.2) is 53.9 Å². The van der Waals surface area contributed by atoms with Crippen molar-refractivity contribution < 1.29 is 17.9 Å². The van der Waals surface area contributed by atoms with Crippen molar-refractivity contribution in [1.82, 2.24) is 4.98 Å². The van der Waals surface area contributed by atoms with Crippen LogP contribution < -0.4 is 4.90 Å². The molecule has 0 aliphatic rings. The number of ether oxygens (including phenoxy) is 1. The van der Waals surface area contributed by atoms with Crippen LogP contribution in [-0.2, 0) is 10.9 Å². The molecule has 1 aromatic heterocycles. The van der Waals surface area contributed by atoms with Crippen molar-refractivity contribution in [2.75, 3.05) is 30.0 Å². The third-order valence-corrected chi connectivity index (χ3v) is 5.43. The van der Waals surface area contributed by atoms with E-state index in [4.69, 9.17) is 16.3 Å². The van der Waals surface area contributed by atoms with Gasteiger partial charge >= 0.3 is 6.18 Å². The summed E-state index contributed by atoms with van der Waals surface area (Å²) in [5.41, 5.74) is 1.27. The maximum Gasteiger partial charge on any atom is 0.416 e. The van der Waals surface area contributed by atoms with Gasteiger partial charge in [-0.05, 0) is 30.3 Å². The number of nitrogens with zero attached hydrogens (tertiary/aromatic N) is 2. The largest absolute Gasteiger partial charge is 0.416 e. The molecule has 0 aliphatic carbocycles. The Balaban J connectivity index is 1.92. The summed E-state index contributed by atoms with van der Waals surface area (Å²) in [5.74, 6) is 0. The summed E-state index contributed by atoms with van der Waals surface area (Å²) in [7, 11) is 0. The standard InChI is InChI=1S/C20H17BrClF3N2OS/c21-7-9-28-10-8-27(17-6-2-4-15(12-17)20(23,24)25)19-26-18(13-29-19)14-3-1-5-16(22)11-14/h1-6,11-13H,7-10H2. The van der Waals surface area contributed by atoms with Crippen molar-refractivity contribution in [1.29, 1.82) is 0 Å². The number of hydrogen-bond donors (Lipinski definition) is 0. The summed E-state index contributed by atoms with van der Waals surface area (Å²) in [6.07, 6.45) is -4.41. The second-order valence-electron chi connectivity index (χ2n) is 6.03. The van der Waals surface area contributed by atoms with E-state index in [2.05, 4.69) is 20.9 Å². The molecule has 3 nitrogen and oxygen atoms in total. The first-order valence-electron chi connectivity index (χ1n) is 8.68. The molecular formula is C20H17BrClF3N2OS. The predicted octanol–water partition coefficient (Wildman–Crippen LogP) is 7.03. The van der Waals surface area contributed by atoms with Gasteiger partial charge in [0.05, 0.1) is 24.5 Å². The van der Waals surface area contributed by atoms with Gasteiger partial charge in [-0.15, -0.1) is 11.3 Å². The van der Waals surface area contributed by atoms with E-state index in [9.17, 15) is 13.2 Å². The van der Waals surface area contributed by atoms with Crippen molar-refractivity contribution in [2.45, 2.75) is 6.18 Å². The van der Waals surface area contributed by atoms with E-state index in [1.54, 1.807) is 23.1 Å². The Morgan fingerprint density at radius 3 is 2.62 bits per heavy atom. The molecule has 0 unspecified atom stereocenters. The van der Waals surface area contributed by atoms with Gasteiger partial charge in [-0.2, -0.15) is 13.2 Å². The number of anilines is 2. The Bertz CT molecular complexity index is 951. The fourth-order valence-corrected chi connectivity index (χ4v) is 3.97. The zero-order valence-corrected chi connectivity index (χ0v) is 18.3. The zero-order valence-electron chi connectivity index (χ0n) is 15.1. The smallest absolute Gasteiger partial charge is 0.379 e. The van der Waals surface area contributed by atoms with Gasteiger partial charge in [0, 0.05) is 33.5 Å². The van der Waals surface area contributed by atoms with Crippen LogP contribution in [0.5, 0.6) is 0 Å². The number of alkyl halides is 4. The van der Waals surface area contributed by atoms with Crippen LogP contribution in [0.25, 0.3) is 11.3 Å². The number of rotatable bonds is 8. The minimum absolute atomic E-state index is 0.355. The molecule has 154 valence electrons. The van der Waals surface area contributed by atoms with E-state index in [-0.39, 0.29) is 0 Å². The van der Waals surface area contributed by atoms with E-state index in [1.165, 1.54) is 17.4 Å². The van der Waals surface area contributed by atoms with Crippen LogP contribution in [0.4, 0.5) is 24.0 Å². The average Bonchev–Trinajstić information content (AvgIpc) is 3.17. The summed E-state index contributed by atoms with van der Waals surface area (Å²) >= 11 is 10.7. The Hall–Kier alpha value is -1.61. The van der Waals surface area contributed by atoms with Gasteiger partial charge in [0.2, 0.25) is 0 Å². The number of halogens is 5. The Kier molecular flexibility index (Phi) is 7.56. The maximum absolute atomic E-state index is 13.2. The number of benzene rings is 2. The van der Waals surface area contributed by atoms with Gasteiger partial charge in [0.25, 0.3) is 0 Å². The normalized spacial score (nSPS) is 11.6. The van der Waals surface area contributed by atoms with Gasteiger partial charge < -0.3 is 9.64 Å². The fraction of sp³-hybridized carbons (Fsp3) is 0.250. The molecule has 9 heteroatoms. The highest BCUT2D eigenvalue weighted by atomic mass is 79.9. The highest BCUT2D eigenvalue weighted by Crippen LogP contribution is 2.36. The lowest BCUT2D eigenvalue weighted by Gasteiger charge is -2.23. The zero-order chi connectivity index (χ0) is 20.9. The molecule has 29 heavy (non-hydrogen) atoms. The SMILES string of the molecule is FC(F)(F)c1cccc(N(CCOCCBr)c2nc(-c3cccc(Cl)c3)cs2)c1. The molecular weight excluding hydrogens is 489 g/mol. The summed E-state index contributed by atoms with van der Waals surface area (Å²) in [6, 6.07) is 12.5. The highest BCUT2D eigenvalue weighted by molar-refractivity contribution is 9.09. The first-order chi connectivity index (χ1) is 13.9. The number of hydrogen-bond acceptors (Lipinski definition) is 4. The molecule has 0 saturated heterocycles. The Morgan fingerprint density at radius 1 is 1.10 bits per heavy atom. The molecule has 3 rings (SSSR count). The van der Waals surface area contributed by atoms with Gasteiger partial charge in [0.15, 0.2) is 5.13 Å². The lowest BCUT2D eigenvalue weighted by atomic mass is 10.2. The third kappa shape index (κ3) is 5.94. The minimum Gasteiger partial charge on any atom is -0.379 e. The van der Waals surface area contributed by atoms with Crippen molar-refractivity contribution in [3.05, 3.63) is 64.5 Å². The Labute approximate surface area is 184 Å². The second kappa shape index (κ2) is 9.93. The molecule has 0 spiro atoms. The quantitative estimate of drug-likeness (QED) is 0.243. The number of thiazole rings is 1. The van der Waals surface area contributed by atoms with Crippen LogP contribution in [0, 0.1) is 0 Å². The van der Waals surface area contributed by atoms with E-state index in [1.807, 2.05) is 17.5 Å². The van der Waals surface area contributed by atoms with Crippen molar-refractivity contribution in [2.24, 2.45) is 0 Å². The van der Waals surface area contributed by atoms with E-state index in [0.717, 1.165) is 17.7 Å². The molecule has 0 N–H and O–H groups in total.